The van der Waals surface area contributed by atoms with Crippen molar-refractivity contribution < 1.29 is 4.74 Å². The van der Waals surface area contributed by atoms with Crippen LogP contribution in [0, 0.1) is 17.2 Å². The summed E-state index contributed by atoms with van der Waals surface area (Å²) < 4.78 is 7.10. The van der Waals surface area contributed by atoms with Gasteiger partial charge in [0.15, 0.2) is 0 Å². The first-order chi connectivity index (χ1) is 10.5. The summed E-state index contributed by atoms with van der Waals surface area (Å²) in [5.74, 6) is 1.14. The van der Waals surface area contributed by atoms with E-state index in [0.29, 0.717) is 23.8 Å². The van der Waals surface area contributed by atoms with Gasteiger partial charge in [0.2, 0.25) is 0 Å². The number of para-hydroxylation sites is 1. The molecule has 0 unspecified atom stereocenters. The summed E-state index contributed by atoms with van der Waals surface area (Å²) >= 11 is 0. The molecule has 0 radical (unpaired) electrons. The number of aryl methyl sites for hydroxylation is 1. The molecule has 0 spiro atoms. The molecule has 114 valence electrons. The monoisotopic (exact) mass is 297 g/mol. The van der Waals surface area contributed by atoms with E-state index in [2.05, 4.69) is 18.9 Å². The number of hydrogen-bond donors (Lipinski definition) is 0. The minimum Gasteiger partial charge on any atom is -0.493 e. The Morgan fingerprint density at radius 1 is 1.36 bits per heavy atom. The molecule has 0 aliphatic rings. The van der Waals surface area contributed by atoms with Crippen molar-refractivity contribution in [3.05, 3.63) is 46.2 Å². The maximum Gasteiger partial charge on any atom is 0.270 e. The van der Waals surface area contributed by atoms with Crippen LogP contribution in [0.15, 0.2) is 35.1 Å². The van der Waals surface area contributed by atoms with Gasteiger partial charge in [-0.3, -0.25) is 4.79 Å². The van der Waals surface area contributed by atoms with Crippen LogP contribution in [0.2, 0.25) is 0 Å². The summed E-state index contributed by atoms with van der Waals surface area (Å²) in [6.45, 7) is 4.77. The van der Waals surface area contributed by atoms with Gasteiger partial charge >= 0.3 is 0 Å². The van der Waals surface area contributed by atoms with Crippen LogP contribution in [0.1, 0.15) is 19.4 Å². The lowest BCUT2D eigenvalue weighted by Crippen LogP contribution is -2.23. The van der Waals surface area contributed by atoms with Crippen LogP contribution in [-0.4, -0.2) is 16.4 Å². The Labute approximate surface area is 129 Å². The molecule has 0 N–H and O–H groups in total. The molecule has 0 atom stereocenters. The molecular weight excluding hydrogens is 278 g/mol. The second kappa shape index (κ2) is 6.90. The summed E-state index contributed by atoms with van der Waals surface area (Å²) in [5.41, 5.74) is 1.64. The summed E-state index contributed by atoms with van der Waals surface area (Å²) in [7, 11) is 1.59. The molecule has 5 nitrogen and oxygen atoms in total. The molecule has 2 rings (SSSR count). The van der Waals surface area contributed by atoms with Gasteiger partial charge in [0.25, 0.3) is 5.56 Å². The molecule has 0 fully saturated rings. The topological polar surface area (TPSA) is 67.9 Å². The van der Waals surface area contributed by atoms with E-state index in [1.54, 1.807) is 13.1 Å². The fourth-order valence-corrected chi connectivity index (χ4v) is 2.07. The lowest BCUT2D eigenvalue weighted by atomic mass is 10.1. The van der Waals surface area contributed by atoms with Crippen molar-refractivity contribution in [3.63, 3.8) is 0 Å². The first kappa shape index (κ1) is 15.8. The van der Waals surface area contributed by atoms with Gasteiger partial charge in [0.1, 0.15) is 5.75 Å². The lowest BCUT2D eigenvalue weighted by molar-refractivity contribution is 0.272. The Hall–Kier alpha value is -2.61. The predicted molar refractivity (Wildman–Crippen MR) is 84.6 cm³/mol. The third kappa shape index (κ3) is 3.53. The molecule has 1 aromatic carbocycles. The van der Waals surface area contributed by atoms with Crippen molar-refractivity contribution in [2.45, 2.75) is 20.3 Å². The zero-order valence-corrected chi connectivity index (χ0v) is 13.0. The number of nitrogens with zero attached hydrogens (tertiary/aromatic N) is 3. The molecule has 1 aromatic heterocycles. The molecule has 2 aromatic rings. The van der Waals surface area contributed by atoms with E-state index in [1.807, 2.05) is 30.3 Å². The van der Waals surface area contributed by atoms with Crippen molar-refractivity contribution in [2.75, 3.05) is 6.61 Å². The third-order valence-corrected chi connectivity index (χ3v) is 3.14. The normalized spacial score (nSPS) is 10.5. The summed E-state index contributed by atoms with van der Waals surface area (Å²) in [5, 5.41) is 13.1. The Morgan fingerprint density at radius 3 is 2.77 bits per heavy atom. The number of benzene rings is 1. The van der Waals surface area contributed by atoms with Gasteiger partial charge in [-0.1, -0.05) is 26.0 Å². The molecule has 0 saturated heterocycles. The van der Waals surface area contributed by atoms with Crippen LogP contribution in [0.4, 0.5) is 0 Å². The van der Waals surface area contributed by atoms with E-state index in [0.717, 1.165) is 11.3 Å². The highest BCUT2D eigenvalue weighted by atomic mass is 16.5. The highest BCUT2D eigenvalue weighted by molar-refractivity contribution is 5.67. The maximum atomic E-state index is 12.0. The van der Waals surface area contributed by atoms with Gasteiger partial charge in [0.05, 0.1) is 24.8 Å². The van der Waals surface area contributed by atoms with Crippen LogP contribution in [-0.2, 0) is 13.5 Å². The molecule has 5 heteroatoms. The average Bonchev–Trinajstić information content (AvgIpc) is 2.50. The van der Waals surface area contributed by atoms with Crippen LogP contribution in [0.25, 0.3) is 11.3 Å². The zero-order valence-electron chi connectivity index (χ0n) is 13.0. The quantitative estimate of drug-likeness (QED) is 0.850. The van der Waals surface area contributed by atoms with Crippen molar-refractivity contribution in [3.8, 4) is 23.1 Å². The second-order valence-electron chi connectivity index (χ2n) is 5.52. The maximum absolute atomic E-state index is 12.0. The van der Waals surface area contributed by atoms with Crippen molar-refractivity contribution in [1.82, 2.24) is 9.78 Å². The van der Waals surface area contributed by atoms with E-state index in [1.165, 1.54) is 4.68 Å². The van der Waals surface area contributed by atoms with Gasteiger partial charge < -0.3 is 4.74 Å². The Bertz CT molecular complexity index is 757. The number of nitriles is 1. The summed E-state index contributed by atoms with van der Waals surface area (Å²) in [6, 6.07) is 11.3. The highest BCUT2D eigenvalue weighted by Gasteiger charge is 2.12. The summed E-state index contributed by atoms with van der Waals surface area (Å²) in [6.07, 6.45) is 0.0667. The SMILES string of the molecule is CC(C)COc1ccccc1-c1cc(CC#N)c(=O)n(C)n1. The minimum atomic E-state index is -0.245. The summed E-state index contributed by atoms with van der Waals surface area (Å²) in [4.78, 5) is 12.0. The molecule has 1 heterocycles. The molecule has 0 amide bonds. The zero-order chi connectivity index (χ0) is 16.1. The number of aromatic nitrogens is 2. The minimum absolute atomic E-state index is 0.0667. The molecule has 0 aliphatic heterocycles. The first-order valence-corrected chi connectivity index (χ1v) is 7.19. The smallest absolute Gasteiger partial charge is 0.270 e. The van der Waals surface area contributed by atoms with Crippen molar-refractivity contribution >= 4 is 0 Å². The van der Waals surface area contributed by atoms with E-state index >= 15 is 0 Å². The standard InChI is InChI=1S/C17H19N3O2/c1-12(2)11-22-16-7-5-4-6-14(16)15-10-13(8-9-18)17(21)20(3)19-15/h4-7,10,12H,8,11H2,1-3H3. The van der Waals surface area contributed by atoms with Crippen LogP contribution < -0.4 is 10.3 Å². The van der Waals surface area contributed by atoms with E-state index < -0.39 is 0 Å². The number of rotatable bonds is 5. The third-order valence-electron chi connectivity index (χ3n) is 3.14. The molecule has 22 heavy (non-hydrogen) atoms. The Kier molecular flexibility index (Phi) is 4.95. The number of hydrogen-bond acceptors (Lipinski definition) is 4. The lowest BCUT2D eigenvalue weighted by Gasteiger charge is -2.13. The molecule has 0 aliphatic carbocycles. The Morgan fingerprint density at radius 2 is 2.09 bits per heavy atom. The van der Waals surface area contributed by atoms with Gasteiger partial charge in [-0.2, -0.15) is 10.4 Å². The largest absolute Gasteiger partial charge is 0.493 e. The molecule has 0 bridgehead atoms. The predicted octanol–water partition coefficient (Wildman–Crippen LogP) is 2.55. The Balaban J connectivity index is 2.48. The van der Waals surface area contributed by atoms with Gasteiger partial charge in [-0.15, -0.1) is 0 Å². The van der Waals surface area contributed by atoms with Gasteiger partial charge in [-0.05, 0) is 24.1 Å². The second-order valence-corrected chi connectivity index (χ2v) is 5.52. The number of ether oxygens (including phenoxy) is 1. The molecule has 0 saturated carbocycles. The van der Waals surface area contributed by atoms with E-state index in [9.17, 15) is 4.79 Å². The van der Waals surface area contributed by atoms with Crippen molar-refractivity contribution in [2.24, 2.45) is 13.0 Å². The van der Waals surface area contributed by atoms with E-state index in [4.69, 9.17) is 10.00 Å². The van der Waals surface area contributed by atoms with Crippen LogP contribution in [0.3, 0.4) is 0 Å². The fraction of sp³-hybridized carbons (Fsp3) is 0.353. The van der Waals surface area contributed by atoms with Crippen LogP contribution >= 0.6 is 0 Å². The highest BCUT2D eigenvalue weighted by Crippen LogP contribution is 2.28. The van der Waals surface area contributed by atoms with Gasteiger partial charge in [-0.25, -0.2) is 4.68 Å². The molecular formula is C17H19N3O2. The fourth-order valence-electron chi connectivity index (χ4n) is 2.07. The van der Waals surface area contributed by atoms with Crippen molar-refractivity contribution in [1.29, 1.82) is 5.26 Å². The van der Waals surface area contributed by atoms with Gasteiger partial charge in [0, 0.05) is 18.2 Å². The van der Waals surface area contributed by atoms with E-state index in [-0.39, 0.29) is 12.0 Å². The first-order valence-electron chi connectivity index (χ1n) is 7.19. The average molecular weight is 297 g/mol. The van der Waals surface area contributed by atoms with Crippen LogP contribution in [0.5, 0.6) is 5.75 Å².